The van der Waals surface area contributed by atoms with E-state index in [4.69, 9.17) is 0 Å². The second-order valence-corrected chi connectivity index (χ2v) is 8.45. The van der Waals surface area contributed by atoms with Crippen molar-refractivity contribution in [2.75, 3.05) is 20.1 Å². The summed E-state index contributed by atoms with van der Waals surface area (Å²) < 4.78 is 0. The highest BCUT2D eigenvalue weighted by Gasteiger charge is 2.62. The van der Waals surface area contributed by atoms with Gasteiger partial charge in [0.1, 0.15) is 0 Å². The van der Waals surface area contributed by atoms with Crippen molar-refractivity contribution in [1.82, 2.24) is 14.8 Å². The highest BCUT2D eigenvalue weighted by molar-refractivity contribution is 5.83. The smallest absolute Gasteiger partial charge is 0.226 e. The number of hydrogen-bond donors (Lipinski definition) is 1. The molecule has 3 aliphatic rings. The molecule has 2 unspecified atom stereocenters. The van der Waals surface area contributed by atoms with Crippen LogP contribution in [-0.4, -0.2) is 57.4 Å². The highest BCUT2D eigenvalue weighted by atomic mass is 16.3. The predicted octanol–water partition coefficient (Wildman–Crippen LogP) is 1.58. The molecule has 1 aromatic rings. The van der Waals surface area contributed by atoms with Crippen molar-refractivity contribution in [3.8, 4) is 0 Å². The Kier molecular flexibility index (Phi) is 4.26. The molecule has 1 N–H and O–H groups in total. The van der Waals surface area contributed by atoms with Gasteiger partial charge < -0.3 is 14.9 Å². The fourth-order valence-corrected chi connectivity index (χ4v) is 4.49. The molecule has 2 amide bonds. The first kappa shape index (κ1) is 17.5. The summed E-state index contributed by atoms with van der Waals surface area (Å²) in [7, 11) is 1.83. The summed E-state index contributed by atoms with van der Waals surface area (Å²) in [5.41, 5.74) is 0.0806. The van der Waals surface area contributed by atoms with Crippen molar-refractivity contribution >= 4 is 11.8 Å². The van der Waals surface area contributed by atoms with Gasteiger partial charge in [0.2, 0.25) is 11.8 Å². The van der Waals surface area contributed by atoms with Gasteiger partial charge in [-0.1, -0.05) is 6.07 Å². The molecule has 2 heterocycles. The summed E-state index contributed by atoms with van der Waals surface area (Å²) in [5.74, 6) is 0.215. The zero-order valence-electron chi connectivity index (χ0n) is 15.4. The van der Waals surface area contributed by atoms with Gasteiger partial charge in [-0.15, -0.1) is 0 Å². The molecule has 26 heavy (non-hydrogen) atoms. The van der Waals surface area contributed by atoms with Crippen LogP contribution < -0.4 is 0 Å². The molecule has 6 nitrogen and oxygen atoms in total. The van der Waals surface area contributed by atoms with Crippen LogP contribution in [-0.2, 0) is 16.1 Å². The van der Waals surface area contributed by atoms with Gasteiger partial charge >= 0.3 is 0 Å². The average molecular weight is 357 g/mol. The van der Waals surface area contributed by atoms with Crippen LogP contribution in [0.1, 0.15) is 44.2 Å². The van der Waals surface area contributed by atoms with Crippen LogP contribution in [0.3, 0.4) is 0 Å². The van der Waals surface area contributed by atoms with E-state index in [1.165, 1.54) is 0 Å². The largest absolute Gasteiger partial charge is 0.389 e. The maximum Gasteiger partial charge on any atom is 0.226 e. The number of carbonyl (C=O) groups excluding carboxylic acids is 2. The number of amides is 2. The minimum absolute atomic E-state index is 0.0146. The van der Waals surface area contributed by atoms with Crippen LogP contribution in [0.5, 0.6) is 0 Å². The van der Waals surface area contributed by atoms with Crippen molar-refractivity contribution in [3.05, 3.63) is 30.1 Å². The maximum atomic E-state index is 12.8. The van der Waals surface area contributed by atoms with Gasteiger partial charge in [0, 0.05) is 37.7 Å². The first-order valence-electron chi connectivity index (χ1n) is 9.56. The minimum atomic E-state index is -0.769. The van der Waals surface area contributed by atoms with Crippen molar-refractivity contribution in [1.29, 1.82) is 0 Å². The van der Waals surface area contributed by atoms with Crippen molar-refractivity contribution in [2.45, 2.75) is 50.7 Å². The zero-order valence-corrected chi connectivity index (χ0v) is 15.4. The van der Waals surface area contributed by atoms with Crippen molar-refractivity contribution in [3.63, 3.8) is 0 Å². The standard InChI is InChI=1S/C20H27N3O3/c1-22(13-15-5-2-3-9-21-15)18(25)16-11-19(16)8-10-23(14-19)17(24)12-20(26)6-4-7-20/h2-3,5,9,16,26H,4,6-8,10-14H2,1H3. The number of likely N-dealkylation sites (tertiary alicyclic amines) is 1. The first-order valence-corrected chi connectivity index (χ1v) is 9.56. The number of aromatic nitrogens is 1. The number of aliphatic hydroxyl groups is 1. The Balaban J connectivity index is 1.31. The Morgan fingerprint density at radius 2 is 2.15 bits per heavy atom. The third-order valence-electron chi connectivity index (χ3n) is 6.49. The normalized spacial score (nSPS) is 28.7. The summed E-state index contributed by atoms with van der Waals surface area (Å²) in [6.45, 7) is 1.89. The van der Waals surface area contributed by atoms with E-state index in [1.807, 2.05) is 30.1 Å². The molecule has 0 aromatic carbocycles. The van der Waals surface area contributed by atoms with Crippen LogP contribution in [0, 0.1) is 11.3 Å². The third-order valence-corrected chi connectivity index (χ3v) is 6.49. The van der Waals surface area contributed by atoms with Gasteiger partial charge in [-0.25, -0.2) is 0 Å². The molecule has 2 saturated carbocycles. The minimum Gasteiger partial charge on any atom is -0.389 e. The fourth-order valence-electron chi connectivity index (χ4n) is 4.49. The lowest BCUT2D eigenvalue weighted by atomic mass is 9.77. The summed E-state index contributed by atoms with van der Waals surface area (Å²) in [5, 5.41) is 10.2. The molecule has 2 aliphatic carbocycles. The molecular weight excluding hydrogens is 330 g/mol. The van der Waals surface area contributed by atoms with E-state index in [-0.39, 0.29) is 29.6 Å². The van der Waals surface area contributed by atoms with E-state index in [1.54, 1.807) is 11.1 Å². The summed E-state index contributed by atoms with van der Waals surface area (Å²) in [6, 6.07) is 5.72. The van der Waals surface area contributed by atoms with Crippen LogP contribution in [0.15, 0.2) is 24.4 Å². The molecule has 0 radical (unpaired) electrons. The molecule has 0 bridgehead atoms. The monoisotopic (exact) mass is 357 g/mol. The second kappa shape index (κ2) is 6.34. The lowest BCUT2D eigenvalue weighted by Gasteiger charge is -2.37. The van der Waals surface area contributed by atoms with Gasteiger partial charge in [0.05, 0.1) is 24.3 Å². The molecule has 2 atom stereocenters. The van der Waals surface area contributed by atoms with E-state index in [2.05, 4.69) is 4.98 Å². The van der Waals surface area contributed by atoms with E-state index in [0.29, 0.717) is 19.6 Å². The second-order valence-electron chi connectivity index (χ2n) is 8.45. The summed E-state index contributed by atoms with van der Waals surface area (Å²) in [4.78, 5) is 33.2. The third kappa shape index (κ3) is 3.22. The van der Waals surface area contributed by atoms with Crippen molar-refractivity contribution < 1.29 is 14.7 Å². The number of pyridine rings is 1. The van der Waals surface area contributed by atoms with Gasteiger partial charge in [-0.3, -0.25) is 14.6 Å². The van der Waals surface area contributed by atoms with Crippen LogP contribution in [0.25, 0.3) is 0 Å². The van der Waals surface area contributed by atoms with E-state index in [0.717, 1.165) is 37.8 Å². The Morgan fingerprint density at radius 1 is 1.35 bits per heavy atom. The molecule has 3 fully saturated rings. The number of hydrogen-bond acceptors (Lipinski definition) is 4. The summed E-state index contributed by atoms with van der Waals surface area (Å²) >= 11 is 0. The Bertz CT molecular complexity index is 704. The van der Waals surface area contributed by atoms with Gasteiger partial charge in [-0.2, -0.15) is 0 Å². The average Bonchev–Trinajstić information content (AvgIpc) is 3.12. The van der Waals surface area contributed by atoms with Gasteiger partial charge in [0.25, 0.3) is 0 Å². The van der Waals surface area contributed by atoms with Crippen LogP contribution >= 0.6 is 0 Å². The molecule has 6 heteroatoms. The van der Waals surface area contributed by atoms with E-state index >= 15 is 0 Å². The lowest BCUT2D eigenvalue weighted by molar-refractivity contribution is -0.140. The Morgan fingerprint density at radius 3 is 2.81 bits per heavy atom. The van der Waals surface area contributed by atoms with Crippen molar-refractivity contribution in [2.24, 2.45) is 11.3 Å². The predicted molar refractivity (Wildman–Crippen MR) is 95.9 cm³/mol. The molecule has 1 saturated heterocycles. The number of nitrogens with zero attached hydrogens (tertiary/aromatic N) is 3. The molecule has 1 aliphatic heterocycles. The van der Waals surface area contributed by atoms with Gasteiger partial charge in [0.15, 0.2) is 0 Å². The molecule has 1 spiro atoms. The maximum absolute atomic E-state index is 12.8. The quantitative estimate of drug-likeness (QED) is 0.868. The van der Waals surface area contributed by atoms with E-state index < -0.39 is 5.60 Å². The Labute approximate surface area is 154 Å². The summed E-state index contributed by atoms with van der Waals surface area (Å²) in [6.07, 6.45) is 6.21. The Hall–Kier alpha value is -1.95. The highest BCUT2D eigenvalue weighted by Crippen LogP contribution is 2.59. The molecule has 1 aromatic heterocycles. The van der Waals surface area contributed by atoms with E-state index in [9.17, 15) is 14.7 Å². The molecule has 4 rings (SSSR count). The number of rotatable bonds is 5. The SMILES string of the molecule is CN(Cc1ccccn1)C(=O)C1CC12CCN(C(=O)CC1(O)CCC1)C2. The molecule has 140 valence electrons. The van der Waals surface area contributed by atoms with Crippen LogP contribution in [0.2, 0.25) is 0 Å². The zero-order chi connectivity index (χ0) is 18.4. The lowest BCUT2D eigenvalue weighted by Crippen LogP contribution is -2.43. The molecular formula is C20H27N3O3. The van der Waals surface area contributed by atoms with Gasteiger partial charge in [-0.05, 0) is 44.2 Å². The topological polar surface area (TPSA) is 73.7 Å². The first-order chi connectivity index (χ1) is 12.4. The fraction of sp³-hybridized carbons (Fsp3) is 0.650. The van der Waals surface area contributed by atoms with Crippen LogP contribution in [0.4, 0.5) is 0 Å². The number of carbonyl (C=O) groups is 2.